The average Bonchev–Trinajstić information content (AvgIpc) is 2.81. The minimum atomic E-state index is -3.72. The Hall–Kier alpha value is -3.26. The number of halogens is 1. The SMILES string of the molecule is O=c1ccc(-c2ccc(Cl)cc2)nn1CCNS(=O)(=O)c1ccc(-c2ccccc2)cc1. The van der Waals surface area contributed by atoms with E-state index in [1.54, 1.807) is 54.6 Å². The van der Waals surface area contributed by atoms with Gasteiger partial charge in [0.2, 0.25) is 10.0 Å². The monoisotopic (exact) mass is 465 g/mol. The topological polar surface area (TPSA) is 81.1 Å². The molecule has 1 N–H and O–H groups in total. The van der Waals surface area contributed by atoms with Crippen molar-refractivity contribution in [3.63, 3.8) is 0 Å². The van der Waals surface area contributed by atoms with Crippen LogP contribution >= 0.6 is 11.6 Å². The first-order valence-electron chi connectivity index (χ1n) is 9.92. The normalized spacial score (nSPS) is 11.4. The van der Waals surface area contributed by atoms with Gasteiger partial charge in [0.15, 0.2) is 0 Å². The van der Waals surface area contributed by atoms with Gasteiger partial charge in [-0.2, -0.15) is 5.10 Å². The molecule has 0 unspecified atom stereocenters. The summed E-state index contributed by atoms with van der Waals surface area (Å²) in [5, 5.41) is 4.94. The molecule has 0 saturated heterocycles. The van der Waals surface area contributed by atoms with Gasteiger partial charge in [0.1, 0.15) is 0 Å². The van der Waals surface area contributed by atoms with Gasteiger partial charge in [0.05, 0.1) is 17.1 Å². The average molecular weight is 466 g/mol. The molecular formula is C24H20ClN3O3S. The maximum atomic E-state index is 12.6. The fraction of sp³-hybridized carbons (Fsp3) is 0.0833. The van der Waals surface area contributed by atoms with Gasteiger partial charge >= 0.3 is 0 Å². The summed E-state index contributed by atoms with van der Waals surface area (Å²) in [6, 6.07) is 26.5. The molecule has 32 heavy (non-hydrogen) atoms. The van der Waals surface area contributed by atoms with E-state index in [0.717, 1.165) is 16.7 Å². The summed E-state index contributed by atoms with van der Waals surface area (Å²) in [6.07, 6.45) is 0. The third-order valence-electron chi connectivity index (χ3n) is 4.89. The number of sulfonamides is 1. The Kier molecular flexibility index (Phi) is 6.50. The zero-order chi connectivity index (χ0) is 22.6. The summed E-state index contributed by atoms with van der Waals surface area (Å²) in [6.45, 7) is 0.126. The van der Waals surface area contributed by atoms with Crippen LogP contribution in [-0.4, -0.2) is 24.7 Å². The predicted molar refractivity (Wildman–Crippen MR) is 126 cm³/mol. The number of nitrogens with zero attached hydrogens (tertiary/aromatic N) is 2. The van der Waals surface area contributed by atoms with E-state index in [4.69, 9.17) is 11.6 Å². The molecule has 0 fully saturated rings. The first-order valence-corrected chi connectivity index (χ1v) is 11.8. The number of benzene rings is 3. The molecule has 4 aromatic rings. The van der Waals surface area contributed by atoms with Crippen LogP contribution in [0, 0.1) is 0 Å². The Morgan fingerprint density at radius 2 is 1.41 bits per heavy atom. The summed E-state index contributed by atoms with van der Waals surface area (Å²) in [4.78, 5) is 12.3. The Morgan fingerprint density at radius 3 is 2.09 bits per heavy atom. The van der Waals surface area contributed by atoms with E-state index in [1.165, 1.54) is 10.7 Å². The summed E-state index contributed by atoms with van der Waals surface area (Å²) in [7, 11) is -3.72. The number of rotatable bonds is 7. The molecule has 0 atom stereocenters. The molecule has 0 radical (unpaired) electrons. The maximum Gasteiger partial charge on any atom is 0.266 e. The molecule has 162 valence electrons. The number of hydrogen-bond acceptors (Lipinski definition) is 4. The molecule has 0 aliphatic carbocycles. The van der Waals surface area contributed by atoms with Gasteiger partial charge in [-0.25, -0.2) is 17.8 Å². The van der Waals surface area contributed by atoms with Crippen LogP contribution in [0.25, 0.3) is 22.4 Å². The summed E-state index contributed by atoms with van der Waals surface area (Å²) in [5.74, 6) is 0. The first-order chi connectivity index (χ1) is 15.4. The van der Waals surface area contributed by atoms with Crippen LogP contribution in [0.5, 0.6) is 0 Å². The molecule has 3 aromatic carbocycles. The molecular weight excluding hydrogens is 446 g/mol. The molecule has 0 aliphatic heterocycles. The van der Waals surface area contributed by atoms with E-state index in [9.17, 15) is 13.2 Å². The second kappa shape index (κ2) is 9.48. The Bertz CT molecular complexity index is 1370. The lowest BCUT2D eigenvalue weighted by Gasteiger charge is -2.10. The van der Waals surface area contributed by atoms with Crippen molar-refractivity contribution >= 4 is 21.6 Å². The highest BCUT2D eigenvalue weighted by Gasteiger charge is 2.14. The van der Waals surface area contributed by atoms with Crippen molar-refractivity contribution in [2.45, 2.75) is 11.4 Å². The highest BCUT2D eigenvalue weighted by molar-refractivity contribution is 7.89. The van der Waals surface area contributed by atoms with Crippen LogP contribution in [0.4, 0.5) is 0 Å². The van der Waals surface area contributed by atoms with Crippen LogP contribution < -0.4 is 10.3 Å². The molecule has 8 heteroatoms. The molecule has 0 amide bonds. The van der Waals surface area contributed by atoms with Crippen molar-refractivity contribution in [1.29, 1.82) is 0 Å². The standard InChI is InChI=1S/C24H20ClN3O3S/c25-21-10-6-20(7-11-21)23-14-15-24(29)28(27-23)17-16-26-32(30,31)22-12-8-19(9-13-22)18-4-2-1-3-5-18/h1-15,26H,16-17H2. The van der Waals surface area contributed by atoms with E-state index in [2.05, 4.69) is 9.82 Å². The highest BCUT2D eigenvalue weighted by atomic mass is 35.5. The number of nitrogens with one attached hydrogen (secondary N) is 1. The van der Waals surface area contributed by atoms with Crippen LogP contribution in [-0.2, 0) is 16.6 Å². The van der Waals surface area contributed by atoms with Crippen LogP contribution in [0.2, 0.25) is 5.02 Å². The minimum absolute atomic E-state index is 0.0275. The van der Waals surface area contributed by atoms with Gasteiger partial charge in [-0.05, 0) is 41.5 Å². The molecule has 1 heterocycles. The minimum Gasteiger partial charge on any atom is -0.268 e. The smallest absolute Gasteiger partial charge is 0.266 e. The second-order valence-corrected chi connectivity index (χ2v) is 9.28. The molecule has 1 aromatic heterocycles. The lowest BCUT2D eigenvalue weighted by molar-refractivity contribution is 0.549. The molecule has 0 aliphatic rings. The van der Waals surface area contributed by atoms with Gasteiger partial charge in [-0.3, -0.25) is 4.79 Å². The number of hydrogen-bond donors (Lipinski definition) is 1. The fourth-order valence-corrected chi connectivity index (χ4v) is 4.36. The molecule has 0 spiro atoms. The zero-order valence-corrected chi connectivity index (χ0v) is 18.6. The van der Waals surface area contributed by atoms with Gasteiger partial charge in [0, 0.05) is 23.2 Å². The molecule has 0 saturated carbocycles. The lowest BCUT2D eigenvalue weighted by Crippen LogP contribution is -2.32. The quantitative estimate of drug-likeness (QED) is 0.443. The van der Waals surface area contributed by atoms with Gasteiger partial charge < -0.3 is 0 Å². The van der Waals surface area contributed by atoms with E-state index < -0.39 is 10.0 Å². The third-order valence-corrected chi connectivity index (χ3v) is 6.62. The second-order valence-electron chi connectivity index (χ2n) is 7.08. The summed E-state index contributed by atoms with van der Waals surface area (Å²) >= 11 is 5.92. The summed E-state index contributed by atoms with van der Waals surface area (Å²) < 4.78 is 29.1. The fourth-order valence-electron chi connectivity index (χ4n) is 3.21. The van der Waals surface area contributed by atoms with Crippen molar-refractivity contribution in [2.75, 3.05) is 6.54 Å². The van der Waals surface area contributed by atoms with Crippen LogP contribution in [0.1, 0.15) is 0 Å². The van der Waals surface area contributed by atoms with E-state index in [0.29, 0.717) is 10.7 Å². The Labute approximate surface area is 191 Å². The predicted octanol–water partition coefficient (Wildman–Crippen LogP) is 4.21. The van der Waals surface area contributed by atoms with Crippen LogP contribution in [0.3, 0.4) is 0 Å². The molecule has 0 bridgehead atoms. The lowest BCUT2D eigenvalue weighted by atomic mass is 10.1. The maximum absolute atomic E-state index is 12.6. The molecule has 6 nitrogen and oxygen atoms in total. The van der Waals surface area contributed by atoms with Crippen molar-refractivity contribution in [2.24, 2.45) is 0 Å². The van der Waals surface area contributed by atoms with E-state index >= 15 is 0 Å². The van der Waals surface area contributed by atoms with Crippen molar-refractivity contribution in [3.8, 4) is 22.4 Å². The third kappa shape index (κ3) is 5.13. The van der Waals surface area contributed by atoms with Crippen LogP contribution in [0.15, 0.2) is 101 Å². The zero-order valence-electron chi connectivity index (χ0n) is 17.0. The van der Waals surface area contributed by atoms with Crippen molar-refractivity contribution in [1.82, 2.24) is 14.5 Å². The molecule has 4 rings (SSSR count). The Balaban J connectivity index is 1.44. The first kappa shape index (κ1) is 22.0. The Morgan fingerprint density at radius 1 is 0.781 bits per heavy atom. The van der Waals surface area contributed by atoms with Crippen molar-refractivity contribution in [3.05, 3.63) is 106 Å². The van der Waals surface area contributed by atoms with Gasteiger partial charge in [-0.15, -0.1) is 0 Å². The van der Waals surface area contributed by atoms with Gasteiger partial charge in [0.25, 0.3) is 5.56 Å². The number of aromatic nitrogens is 2. The van der Waals surface area contributed by atoms with Gasteiger partial charge in [-0.1, -0.05) is 66.2 Å². The van der Waals surface area contributed by atoms with E-state index in [1.807, 2.05) is 30.3 Å². The van der Waals surface area contributed by atoms with Crippen molar-refractivity contribution < 1.29 is 8.42 Å². The van der Waals surface area contributed by atoms with E-state index in [-0.39, 0.29) is 23.5 Å². The largest absolute Gasteiger partial charge is 0.268 e. The highest BCUT2D eigenvalue weighted by Crippen LogP contribution is 2.21. The summed E-state index contributed by atoms with van der Waals surface area (Å²) in [5.41, 5.74) is 3.03.